The Bertz CT molecular complexity index is 495. The average molecular weight is 289 g/mol. The van der Waals surface area contributed by atoms with Gasteiger partial charge in [-0.05, 0) is 50.4 Å². The molecule has 2 amide bonds. The summed E-state index contributed by atoms with van der Waals surface area (Å²) in [6, 6.07) is 7.55. The van der Waals surface area contributed by atoms with Gasteiger partial charge in [-0.1, -0.05) is 12.1 Å². The van der Waals surface area contributed by atoms with Crippen LogP contribution in [0.15, 0.2) is 24.3 Å². The molecule has 4 N–H and O–H groups in total. The van der Waals surface area contributed by atoms with Gasteiger partial charge in [0.2, 0.25) is 11.8 Å². The first-order valence-electron chi connectivity index (χ1n) is 7.50. The van der Waals surface area contributed by atoms with Gasteiger partial charge >= 0.3 is 0 Å². The van der Waals surface area contributed by atoms with Gasteiger partial charge in [-0.15, -0.1) is 0 Å². The van der Waals surface area contributed by atoms with Crippen LogP contribution >= 0.6 is 0 Å². The van der Waals surface area contributed by atoms with Crippen molar-refractivity contribution in [2.75, 3.05) is 11.9 Å². The molecular formula is C16H23N3O2. The minimum absolute atomic E-state index is 0.0130. The van der Waals surface area contributed by atoms with Crippen molar-refractivity contribution < 1.29 is 9.59 Å². The van der Waals surface area contributed by atoms with Crippen LogP contribution < -0.4 is 16.4 Å². The maximum Gasteiger partial charge on any atom is 0.227 e. The van der Waals surface area contributed by atoms with E-state index in [2.05, 4.69) is 10.6 Å². The highest BCUT2D eigenvalue weighted by atomic mass is 16.2. The molecule has 0 spiro atoms. The topological polar surface area (TPSA) is 84.2 Å². The van der Waals surface area contributed by atoms with Gasteiger partial charge in [0, 0.05) is 18.0 Å². The first kappa shape index (κ1) is 15.5. The van der Waals surface area contributed by atoms with Crippen LogP contribution in [0.4, 0.5) is 5.69 Å². The third-order valence-electron chi connectivity index (χ3n) is 3.61. The van der Waals surface area contributed by atoms with Crippen molar-refractivity contribution >= 4 is 17.5 Å². The molecule has 0 radical (unpaired) electrons. The highest BCUT2D eigenvalue weighted by molar-refractivity contribution is 5.94. The molecule has 0 aliphatic heterocycles. The second-order valence-electron chi connectivity index (χ2n) is 5.57. The van der Waals surface area contributed by atoms with Crippen LogP contribution in [0.5, 0.6) is 0 Å². The Labute approximate surface area is 125 Å². The van der Waals surface area contributed by atoms with Crippen molar-refractivity contribution in [2.45, 2.75) is 38.6 Å². The van der Waals surface area contributed by atoms with Gasteiger partial charge in [-0.3, -0.25) is 9.59 Å². The van der Waals surface area contributed by atoms with E-state index in [0.29, 0.717) is 19.4 Å². The van der Waals surface area contributed by atoms with Gasteiger partial charge in [0.15, 0.2) is 0 Å². The third kappa shape index (κ3) is 4.86. The van der Waals surface area contributed by atoms with E-state index in [-0.39, 0.29) is 23.8 Å². The standard InChI is InChI=1S/C16H23N3O2/c1-11(18-15(20)3-2-10-17)12-6-8-14(9-7-12)19-16(21)13-4-5-13/h6-9,11,13H,2-5,10,17H2,1H3,(H,18,20)(H,19,21). The zero-order chi connectivity index (χ0) is 15.2. The second kappa shape index (κ2) is 7.22. The third-order valence-corrected chi connectivity index (χ3v) is 3.61. The van der Waals surface area contributed by atoms with Gasteiger partial charge < -0.3 is 16.4 Å². The average Bonchev–Trinajstić information content (AvgIpc) is 3.30. The summed E-state index contributed by atoms with van der Waals surface area (Å²) >= 11 is 0. The summed E-state index contributed by atoms with van der Waals surface area (Å²) in [5, 5.41) is 5.84. The molecule has 5 nitrogen and oxygen atoms in total. The van der Waals surface area contributed by atoms with Crippen LogP contribution in [-0.2, 0) is 9.59 Å². The smallest absolute Gasteiger partial charge is 0.227 e. The zero-order valence-electron chi connectivity index (χ0n) is 12.4. The fourth-order valence-electron chi connectivity index (χ4n) is 2.10. The lowest BCUT2D eigenvalue weighted by Gasteiger charge is -2.15. The summed E-state index contributed by atoms with van der Waals surface area (Å²) in [6.45, 7) is 2.47. The van der Waals surface area contributed by atoms with Gasteiger partial charge in [-0.25, -0.2) is 0 Å². The maximum atomic E-state index is 11.7. The zero-order valence-corrected chi connectivity index (χ0v) is 12.4. The Hall–Kier alpha value is -1.88. The number of hydrogen-bond donors (Lipinski definition) is 3. The summed E-state index contributed by atoms with van der Waals surface area (Å²) in [7, 11) is 0. The molecule has 1 saturated carbocycles. The Balaban J connectivity index is 1.85. The summed E-state index contributed by atoms with van der Waals surface area (Å²) in [4.78, 5) is 23.3. The lowest BCUT2D eigenvalue weighted by Crippen LogP contribution is -2.26. The van der Waals surface area contributed by atoms with Crippen molar-refractivity contribution in [1.82, 2.24) is 5.32 Å². The van der Waals surface area contributed by atoms with E-state index < -0.39 is 0 Å². The van der Waals surface area contributed by atoms with Crippen LogP contribution in [0, 0.1) is 5.92 Å². The van der Waals surface area contributed by atoms with Gasteiger partial charge in [0.25, 0.3) is 0 Å². The number of anilines is 1. The van der Waals surface area contributed by atoms with Crippen molar-refractivity contribution in [1.29, 1.82) is 0 Å². The summed E-state index contributed by atoms with van der Waals surface area (Å²) in [5.74, 6) is 0.315. The molecule has 2 rings (SSSR count). The molecule has 1 atom stereocenters. The number of carbonyl (C=O) groups is 2. The molecule has 0 bridgehead atoms. The first-order valence-corrected chi connectivity index (χ1v) is 7.50. The number of carbonyl (C=O) groups excluding carboxylic acids is 2. The van der Waals surface area contributed by atoms with Gasteiger partial charge in [-0.2, -0.15) is 0 Å². The lowest BCUT2D eigenvalue weighted by molar-refractivity contribution is -0.121. The molecule has 1 aliphatic carbocycles. The molecule has 21 heavy (non-hydrogen) atoms. The van der Waals surface area contributed by atoms with Crippen LogP contribution in [0.2, 0.25) is 0 Å². The molecule has 0 aromatic heterocycles. The summed E-state index contributed by atoms with van der Waals surface area (Å²) in [5.41, 5.74) is 7.20. The molecule has 5 heteroatoms. The van der Waals surface area contributed by atoms with Crippen molar-refractivity contribution in [2.24, 2.45) is 11.7 Å². The van der Waals surface area contributed by atoms with Crippen LogP contribution in [-0.4, -0.2) is 18.4 Å². The monoisotopic (exact) mass is 289 g/mol. The molecule has 0 saturated heterocycles. The Morgan fingerprint density at radius 3 is 2.52 bits per heavy atom. The van der Waals surface area contributed by atoms with Crippen molar-refractivity contribution in [3.63, 3.8) is 0 Å². The highest BCUT2D eigenvalue weighted by Gasteiger charge is 2.29. The van der Waals surface area contributed by atoms with E-state index in [0.717, 1.165) is 24.1 Å². The number of nitrogens with one attached hydrogen (secondary N) is 2. The molecule has 1 fully saturated rings. The quantitative estimate of drug-likeness (QED) is 0.717. The fourth-order valence-corrected chi connectivity index (χ4v) is 2.10. The first-order chi connectivity index (χ1) is 10.1. The van der Waals surface area contributed by atoms with E-state index >= 15 is 0 Å². The molecule has 0 heterocycles. The second-order valence-corrected chi connectivity index (χ2v) is 5.57. The van der Waals surface area contributed by atoms with E-state index in [1.807, 2.05) is 31.2 Å². The Morgan fingerprint density at radius 2 is 1.95 bits per heavy atom. The van der Waals surface area contributed by atoms with Gasteiger partial charge in [0.1, 0.15) is 0 Å². The number of benzene rings is 1. The lowest BCUT2D eigenvalue weighted by atomic mass is 10.1. The largest absolute Gasteiger partial charge is 0.350 e. The molecule has 1 aromatic rings. The summed E-state index contributed by atoms with van der Waals surface area (Å²) in [6.07, 6.45) is 3.15. The van der Waals surface area contributed by atoms with Crippen LogP contribution in [0.25, 0.3) is 0 Å². The van der Waals surface area contributed by atoms with Crippen LogP contribution in [0.3, 0.4) is 0 Å². The van der Waals surface area contributed by atoms with Crippen LogP contribution in [0.1, 0.15) is 44.2 Å². The highest BCUT2D eigenvalue weighted by Crippen LogP contribution is 2.30. The number of rotatable bonds is 7. The summed E-state index contributed by atoms with van der Waals surface area (Å²) < 4.78 is 0. The van der Waals surface area contributed by atoms with E-state index in [1.54, 1.807) is 0 Å². The number of amides is 2. The SMILES string of the molecule is CC(NC(=O)CCCN)c1ccc(NC(=O)C2CC2)cc1. The Morgan fingerprint density at radius 1 is 1.29 bits per heavy atom. The van der Waals surface area contributed by atoms with Crippen molar-refractivity contribution in [3.8, 4) is 0 Å². The normalized spacial score (nSPS) is 15.3. The number of nitrogens with two attached hydrogens (primary N) is 1. The molecule has 114 valence electrons. The van der Waals surface area contributed by atoms with E-state index in [9.17, 15) is 9.59 Å². The number of hydrogen-bond acceptors (Lipinski definition) is 3. The van der Waals surface area contributed by atoms with Gasteiger partial charge in [0.05, 0.1) is 6.04 Å². The molecule has 1 unspecified atom stereocenters. The van der Waals surface area contributed by atoms with E-state index in [4.69, 9.17) is 5.73 Å². The molecular weight excluding hydrogens is 266 g/mol. The predicted molar refractivity (Wildman–Crippen MR) is 82.6 cm³/mol. The maximum absolute atomic E-state index is 11.7. The predicted octanol–water partition coefficient (Wildman–Crippen LogP) is 1.95. The minimum Gasteiger partial charge on any atom is -0.350 e. The fraction of sp³-hybridized carbons (Fsp3) is 0.500. The molecule has 1 aromatic carbocycles. The van der Waals surface area contributed by atoms with E-state index in [1.165, 1.54) is 0 Å². The Kier molecular flexibility index (Phi) is 5.33. The molecule has 1 aliphatic rings. The minimum atomic E-state index is -0.0524. The van der Waals surface area contributed by atoms with Crippen molar-refractivity contribution in [3.05, 3.63) is 29.8 Å².